The Balaban J connectivity index is 2.24. The number of esters is 1. The van der Waals surface area contributed by atoms with Gasteiger partial charge in [-0.25, -0.2) is 5.32 Å². The Labute approximate surface area is 79.8 Å². The fraction of sp³-hybridized carbons (Fsp3) is 0.900. The molecule has 0 aliphatic carbocycles. The average molecular weight is 184 g/mol. The molecular formula is C10H18NO2. The molecule has 1 unspecified atom stereocenters. The van der Waals surface area contributed by atoms with E-state index in [9.17, 15) is 4.79 Å². The summed E-state index contributed by atoms with van der Waals surface area (Å²) in [5.74, 6) is -0.122. The molecule has 0 aromatic heterocycles. The van der Waals surface area contributed by atoms with Crippen LogP contribution in [0.5, 0.6) is 0 Å². The predicted molar refractivity (Wildman–Crippen MR) is 50.2 cm³/mol. The van der Waals surface area contributed by atoms with Crippen LogP contribution >= 0.6 is 0 Å². The number of hydrogen-bond acceptors (Lipinski definition) is 2. The van der Waals surface area contributed by atoms with Gasteiger partial charge < -0.3 is 4.74 Å². The van der Waals surface area contributed by atoms with Gasteiger partial charge >= 0.3 is 5.97 Å². The highest BCUT2D eigenvalue weighted by atomic mass is 16.6. The smallest absolute Gasteiger partial charge is 0.307 e. The van der Waals surface area contributed by atoms with Crippen LogP contribution in [0.4, 0.5) is 0 Å². The van der Waals surface area contributed by atoms with Crippen LogP contribution in [0, 0.1) is 5.41 Å². The van der Waals surface area contributed by atoms with Crippen LogP contribution in [0.1, 0.15) is 40.0 Å². The molecule has 0 aromatic rings. The Hall–Kier alpha value is -0.570. The van der Waals surface area contributed by atoms with Gasteiger partial charge in [-0.2, -0.15) is 0 Å². The molecule has 1 heterocycles. The summed E-state index contributed by atoms with van der Waals surface area (Å²) < 4.78 is 5.18. The zero-order valence-electron chi connectivity index (χ0n) is 8.67. The van der Waals surface area contributed by atoms with Crippen molar-refractivity contribution in [1.82, 2.24) is 5.32 Å². The van der Waals surface area contributed by atoms with Gasteiger partial charge in [0.1, 0.15) is 0 Å². The molecule has 0 spiro atoms. The summed E-state index contributed by atoms with van der Waals surface area (Å²) in [6, 6.07) is 0. The monoisotopic (exact) mass is 184 g/mol. The van der Waals surface area contributed by atoms with Crippen LogP contribution in [0.2, 0.25) is 0 Å². The van der Waals surface area contributed by atoms with Crippen molar-refractivity contribution in [2.24, 2.45) is 5.41 Å². The van der Waals surface area contributed by atoms with Crippen LogP contribution < -0.4 is 5.32 Å². The maximum atomic E-state index is 11.3. The SMILES string of the molecule is CC(C)(C)CC(=O)OC1CCC[N]1. The third-order valence-corrected chi connectivity index (χ3v) is 1.88. The van der Waals surface area contributed by atoms with Gasteiger partial charge in [0.2, 0.25) is 0 Å². The van der Waals surface area contributed by atoms with Crippen molar-refractivity contribution in [3.8, 4) is 0 Å². The van der Waals surface area contributed by atoms with Crippen molar-refractivity contribution >= 4 is 5.97 Å². The van der Waals surface area contributed by atoms with E-state index in [1.54, 1.807) is 0 Å². The summed E-state index contributed by atoms with van der Waals surface area (Å²) in [5.41, 5.74) is 0.00961. The topological polar surface area (TPSA) is 40.4 Å². The molecule has 13 heavy (non-hydrogen) atoms. The highest BCUT2D eigenvalue weighted by Gasteiger charge is 2.23. The molecule has 75 valence electrons. The van der Waals surface area contributed by atoms with Crippen molar-refractivity contribution in [2.75, 3.05) is 6.54 Å². The Morgan fingerprint density at radius 2 is 2.23 bits per heavy atom. The largest absolute Gasteiger partial charge is 0.445 e. The Morgan fingerprint density at radius 1 is 1.54 bits per heavy atom. The van der Waals surface area contributed by atoms with Crippen LogP contribution in [0.3, 0.4) is 0 Å². The third-order valence-electron chi connectivity index (χ3n) is 1.88. The van der Waals surface area contributed by atoms with E-state index in [0.29, 0.717) is 6.42 Å². The maximum Gasteiger partial charge on any atom is 0.307 e. The van der Waals surface area contributed by atoms with Gasteiger partial charge in [-0.3, -0.25) is 4.79 Å². The lowest BCUT2D eigenvalue weighted by Gasteiger charge is -2.18. The van der Waals surface area contributed by atoms with Crippen LogP contribution in [0.15, 0.2) is 0 Å². The third kappa shape index (κ3) is 4.27. The molecule has 1 saturated heterocycles. The summed E-state index contributed by atoms with van der Waals surface area (Å²) in [6.07, 6.45) is 2.26. The highest BCUT2D eigenvalue weighted by molar-refractivity contribution is 5.70. The molecule has 1 aliphatic heterocycles. The van der Waals surface area contributed by atoms with Crippen LogP contribution in [0.25, 0.3) is 0 Å². The average Bonchev–Trinajstić information content (AvgIpc) is 2.34. The van der Waals surface area contributed by atoms with E-state index in [4.69, 9.17) is 4.74 Å². The first-order valence-electron chi connectivity index (χ1n) is 4.83. The summed E-state index contributed by atoms with van der Waals surface area (Å²) in [4.78, 5) is 11.3. The van der Waals surface area contributed by atoms with E-state index >= 15 is 0 Å². The van der Waals surface area contributed by atoms with Gasteiger partial charge in [0.25, 0.3) is 0 Å². The standard InChI is InChI=1S/C10H18NO2/c1-10(2,3)7-9(12)13-8-5-4-6-11-8/h8H,4-7H2,1-3H3. The van der Waals surface area contributed by atoms with Crippen molar-refractivity contribution in [3.05, 3.63) is 0 Å². The molecule has 0 saturated carbocycles. The molecular weight excluding hydrogens is 166 g/mol. The molecule has 1 rings (SSSR count). The number of hydrogen-bond donors (Lipinski definition) is 0. The minimum absolute atomic E-state index is 0.00961. The number of carbonyl (C=O) groups is 1. The molecule has 1 radical (unpaired) electrons. The second kappa shape index (κ2) is 4.09. The summed E-state index contributed by atoms with van der Waals surface area (Å²) in [7, 11) is 0. The van der Waals surface area contributed by atoms with Crippen LogP contribution in [-0.2, 0) is 9.53 Å². The highest BCUT2D eigenvalue weighted by Crippen LogP contribution is 2.20. The molecule has 0 amide bonds. The fourth-order valence-electron chi connectivity index (χ4n) is 1.32. The van der Waals surface area contributed by atoms with Gasteiger partial charge in [-0.15, -0.1) is 0 Å². The molecule has 3 heteroatoms. The quantitative estimate of drug-likeness (QED) is 0.613. The van der Waals surface area contributed by atoms with Crippen molar-refractivity contribution < 1.29 is 9.53 Å². The number of ether oxygens (including phenoxy) is 1. The molecule has 1 atom stereocenters. The van der Waals surface area contributed by atoms with Gasteiger partial charge in [-0.1, -0.05) is 20.8 Å². The minimum atomic E-state index is -0.158. The van der Waals surface area contributed by atoms with Gasteiger partial charge in [0.15, 0.2) is 6.23 Å². The van der Waals surface area contributed by atoms with Crippen molar-refractivity contribution in [2.45, 2.75) is 46.3 Å². The summed E-state index contributed by atoms with van der Waals surface area (Å²) >= 11 is 0. The van der Waals surface area contributed by atoms with Crippen molar-refractivity contribution in [3.63, 3.8) is 0 Å². The Kier molecular flexibility index (Phi) is 3.31. The molecule has 0 aromatic carbocycles. The first kappa shape index (κ1) is 10.5. The van der Waals surface area contributed by atoms with Gasteiger partial charge in [0, 0.05) is 13.0 Å². The van der Waals surface area contributed by atoms with Gasteiger partial charge in [-0.05, 0) is 11.8 Å². The predicted octanol–water partition coefficient (Wildman–Crippen LogP) is 1.69. The number of nitrogens with zero attached hydrogens (tertiary/aromatic N) is 1. The number of carbonyl (C=O) groups excluding carboxylic acids is 1. The van der Waals surface area contributed by atoms with E-state index in [1.165, 1.54) is 0 Å². The normalized spacial score (nSPS) is 23.2. The van der Waals surface area contributed by atoms with E-state index in [-0.39, 0.29) is 17.6 Å². The Bertz CT molecular complexity index is 178. The van der Waals surface area contributed by atoms with E-state index in [0.717, 1.165) is 19.4 Å². The van der Waals surface area contributed by atoms with Crippen LogP contribution in [-0.4, -0.2) is 18.7 Å². The molecule has 1 aliphatic rings. The maximum absolute atomic E-state index is 11.3. The van der Waals surface area contributed by atoms with Crippen molar-refractivity contribution in [1.29, 1.82) is 0 Å². The number of rotatable bonds is 2. The first-order chi connectivity index (χ1) is 5.97. The lowest BCUT2D eigenvalue weighted by molar-refractivity contribution is -0.152. The molecule has 0 bridgehead atoms. The lowest BCUT2D eigenvalue weighted by atomic mass is 9.92. The summed E-state index contributed by atoms with van der Waals surface area (Å²) in [6.45, 7) is 6.92. The van der Waals surface area contributed by atoms with E-state index in [1.807, 2.05) is 20.8 Å². The van der Waals surface area contributed by atoms with E-state index in [2.05, 4.69) is 5.32 Å². The second-order valence-corrected chi connectivity index (χ2v) is 4.73. The fourth-order valence-corrected chi connectivity index (χ4v) is 1.32. The van der Waals surface area contributed by atoms with Gasteiger partial charge in [0.05, 0.1) is 6.42 Å². The molecule has 1 fully saturated rings. The van der Waals surface area contributed by atoms with E-state index < -0.39 is 0 Å². The molecule has 3 nitrogen and oxygen atoms in total. The first-order valence-corrected chi connectivity index (χ1v) is 4.83. The minimum Gasteiger partial charge on any atom is -0.445 e. The lowest BCUT2D eigenvalue weighted by Crippen LogP contribution is -2.25. The Morgan fingerprint density at radius 3 is 2.69 bits per heavy atom. The zero-order valence-corrected chi connectivity index (χ0v) is 8.67. The summed E-state index contributed by atoms with van der Waals surface area (Å²) in [5, 5.41) is 4.16. The zero-order chi connectivity index (χ0) is 9.90. The second-order valence-electron chi connectivity index (χ2n) is 4.73. The molecule has 0 N–H and O–H groups in total.